The first-order valence-corrected chi connectivity index (χ1v) is 8.27. The molecule has 0 radical (unpaired) electrons. The molecular weight excluding hydrogens is 312 g/mol. The Bertz CT molecular complexity index is 952. The minimum Gasteiger partial charge on any atom is -0.427 e. The maximum Gasteiger partial charge on any atom is 0.308 e. The Morgan fingerprint density at radius 1 is 1.08 bits per heavy atom. The highest BCUT2D eigenvalue weighted by molar-refractivity contribution is 6.01. The first-order valence-electron chi connectivity index (χ1n) is 8.27. The molecule has 0 unspecified atom stereocenters. The summed E-state index contributed by atoms with van der Waals surface area (Å²) < 4.78 is 7.29. The van der Waals surface area contributed by atoms with Crippen LogP contribution in [-0.4, -0.2) is 16.2 Å². The maximum absolute atomic E-state index is 11.0. The Kier molecular flexibility index (Phi) is 3.94. The van der Waals surface area contributed by atoms with Crippen molar-refractivity contribution in [2.45, 2.75) is 19.9 Å². The zero-order chi connectivity index (χ0) is 17.2. The number of nitrogens with zero attached hydrogens (tertiary/aromatic N) is 2. The summed E-state index contributed by atoms with van der Waals surface area (Å²) in [6, 6.07) is 20.1. The number of carbonyl (C=O) groups is 1. The number of aliphatic imine (C=N–C) groups is 1. The van der Waals surface area contributed by atoms with Gasteiger partial charge < -0.3 is 9.30 Å². The van der Waals surface area contributed by atoms with Gasteiger partial charge in [0.05, 0.1) is 23.6 Å². The number of ether oxygens (including phenoxy) is 1. The van der Waals surface area contributed by atoms with E-state index in [1.807, 2.05) is 24.3 Å². The average Bonchev–Trinajstić information content (AvgIpc) is 3.04. The molecule has 3 aromatic rings. The predicted molar refractivity (Wildman–Crippen MR) is 97.5 cm³/mol. The predicted octanol–water partition coefficient (Wildman–Crippen LogP) is 3.95. The fourth-order valence-corrected chi connectivity index (χ4v) is 3.15. The lowest BCUT2D eigenvalue weighted by molar-refractivity contribution is -0.131. The van der Waals surface area contributed by atoms with Crippen LogP contribution in [0.3, 0.4) is 0 Å². The number of para-hydroxylation sites is 1. The molecular formula is C21H18N2O2. The molecule has 0 atom stereocenters. The van der Waals surface area contributed by atoms with E-state index in [9.17, 15) is 4.79 Å². The van der Waals surface area contributed by atoms with Crippen LogP contribution in [0.5, 0.6) is 5.75 Å². The Balaban J connectivity index is 1.64. The number of benzene rings is 2. The van der Waals surface area contributed by atoms with Gasteiger partial charge in [-0.15, -0.1) is 0 Å². The van der Waals surface area contributed by atoms with E-state index in [0.29, 0.717) is 12.3 Å². The molecule has 4 heteroatoms. The summed E-state index contributed by atoms with van der Waals surface area (Å²) in [4.78, 5) is 15.9. The van der Waals surface area contributed by atoms with Gasteiger partial charge in [0.25, 0.3) is 0 Å². The molecule has 25 heavy (non-hydrogen) atoms. The van der Waals surface area contributed by atoms with E-state index < -0.39 is 0 Å². The van der Waals surface area contributed by atoms with Crippen LogP contribution in [0.4, 0.5) is 0 Å². The van der Waals surface area contributed by atoms with Gasteiger partial charge in [0.15, 0.2) is 0 Å². The molecule has 1 aromatic heterocycles. The van der Waals surface area contributed by atoms with E-state index in [2.05, 4.69) is 47.2 Å². The molecule has 0 amide bonds. The van der Waals surface area contributed by atoms with Crippen LogP contribution in [0.2, 0.25) is 0 Å². The molecule has 0 N–H and O–H groups in total. The summed E-state index contributed by atoms with van der Waals surface area (Å²) >= 11 is 0. The number of aromatic nitrogens is 1. The minimum atomic E-state index is -0.309. The van der Waals surface area contributed by atoms with Gasteiger partial charge in [-0.05, 0) is 41.5 Å². The highest BCUT2D eigenvalue weighted by atomic mass is 16.5. The first-order chi connectivity index (χ1) is 12.2. The minimum absolute atomic E-state index is 0.309. The normalized spacial score (nSPS) is 12.6. The van der Waals surface area contributed by atoms with Crippen LogP contribution in [0, 0.1) is 0 Å². The number of fused-ring (bicyclic) bond motifs is 3. The Morgan fingerprint density at radius 3 is 2.68 bits per heavy atom. The molecule has 0 aliphatic carbocycles. The molecule has 0 saturated carbocycles. The third-order valence-electron chi connectivity index (χ3n) is 4.29. The average molecular weight is 330 g/mol. The monoisotopic (exact) mass is 330 g/mol. The van der Waals surface area contributed by atoms with Gasteiger partial charge in [0.1, 0.15) is 5.75 Å². The van der Waals surface area contributed by atoms with Crippen LogP contribution < -0.4 is 4.74 Å². The largest absolute Gasteiger partial charge is 0.427 e. The van der Waals surface area contributed by atoms with Crippen molar-refractivity contribution in [2.75, 3.05) is 0 Å². The second-order valence-electron chi connectivity index (χ2n) is 6.07. The molecule has 4 nitrogen and oxygen atoms in total. The zero-order valence-corrected chi connectivity index (χ0v) is 14.0. The molecule has 124 valence electrons. The van der Waals surface area contributed by atoms with Gasteiger partial charge in [-0.25, -0.2) is 0 Å². The Labute approximate surface area is 146 Å². The van der Waals surface area contributed by atoms with Crippen LogP contribution >= 0.6 is 0 Å². The number of rotatable bonds is 3. The lowest BCUT2D eigenvalue weighted by Gasteiger charge is -2.11. The maximum atomic E-state index is 11.0. The van der Waals surface area contributed by atoms with E-state index in [4.69, 9.17) is 9.73 Å². The van der Waals surface area contributed by atoms with Crippen LogP contribution in [0.25, 0.3) is 5.69 Å². The highest BCUT2D eigenvalue weighted by Gasteiger charge is 2.16. The third kappa shape index (κ3) is 3.11. The van der Waals surface area contributed by atoms with Crippen molar-refractivity contribution in [1.82, 2.24) is 4.57 Å². The summed E-state index contributed by atoms with van der Waals surface area (Å²) in [5.41, 5.74) is 5.72. The van der Waals surface area contributed by atoms with E-state index in [0.717, 1.165) is 23.4 Å². The van der Waals surface area contributed by atoms with Crippen LogP contribution in [-0.2, 0) is 17.8 Å². The van der Waals surface area contributed by atoms with E-state index in [1.165, 1.54) is 18.2 Å². The lowest BCUT2D eigenvalue weighted by atomic mass is 10.1. The second-order valence-corrected chi connectivity index (χ2v) is 6.07. The molecule has 1 aliphatic rings. The van der Waals surface area contributed by atoms with Gasteiger partial charge in [0.2, 0.25) is 0 Å². The van der Waals surface area contributed by atoms with Gasteiger partial charge >= 0.3 is 5.97 Å². The fraction of sp³-hybridized carbons (Fsp3) is 0.143. The molecule has 2 aromatic carbocycles. The molecule has 0 fully saturated rings. The molecule has 2 heterocycles. The molecule has 1 aliphatic heterocycles. The Hall–Kier alpha value is -3.14. The summed E-state index contributed by atoms with van der Waals surface area (Å²) in [5.74, 6) is 0.256. The lowest BCUT2D eigenvalue weighted by Crippen LogP contribution is -2.10. The van der Waals surface area contributed by atoms with E-state index in [-0.39, 0.29) is 5.97 Å². The summed E-state index contributed by atoms with van der Waals surface area (Å²) in [5, 5.41) is 0. The van der Waals surface area contributed by atoms with E-state index >= 15 is 0 Å². The van der Waals surface area contributed by atoms with Gasteiger partial charge in [-0.3, -0.25) is 9.79 Å². The number of carbonyl (C=O) groups excluding carboxylic acids is 1. The molecule has 4 rings (SSSR count). The van der Waals surface area contributed by atoms with Crippen molar-refractivity contribution < 1.29 is 9.53 Å². The van der Waals surface area contributed by atoms with Crippen molar-refractivity contribution >= 4 is 11.7 Å². The van der Waals surface area contributed by atoms with Gasteiger partial charge in [0, 0.05) is 19.5 Å². The molecule has 0 spiro atoms. The van der Waals surface area contributed by atoms with Gasteiger partial charge in [-0.2, -0.15) is 0 Å². The molecule has 0 bridgehead atoms. The number of hydrogen-bond donors (Lipinski definition) is 0. The second kappa shape index (κ2) is 6.40. The smallest absolute Gasteiger partial charge is 0.308 e. The SMILES string of the molecule is CC(=O)Oc1ccc(CC2=NCc3ccccc3-n3cccc32)cc1. The molecule has 0 saturated heterocycles. The van der Waals surface area contributed by atoms with E-state index in [1.54, 1.807) is 0 Å². The van der Waals surface area contributed by atoms with Crippen molar-refractivity contribution in [3.63, 3.8) is 0 Å². The topological polar surface area (TPSA) is 43.6 Å². The fourth-order valence-electron chi connectivity index (χ4n) is 3.15. The van der Waals surface area contributed by atoms with Gasteiger partial charge in [-0.1, -0.05) is 30.3 Å². The van der Waals surface area contributed by atoms with Crippen molar-refractivity contribution in [3.8, 4) is 11.4 Å². The van der Waals surface area contributed by atoms with Crippen molar-refractivity contribution in [3.05, 3.63) is 83.7 Å². The third-order valence-corrected chi connectivity index (χ3v) is 4.29. The summed E-state index contributed by atoms with van der Waals surface area (Å²) in [6.45, 7) is 2.08. The van der Waals surface area contributed by atoms with Crippen LogP contribution in [0.15, 0.2) is 71.9 Å². The summed E-state index contributed by atoms with van der Waals surface area (Å²) in [7, 11) is 0. The number of hydrogen-bond acceptors (Lipinski definition) is 3. The number of esters is 1. The highest BCUT2D eigenvalue weighted by Crippen LogP contribution is 2.24. The zero-order valence-electron chi connectivity index (χ0n) is 14.0. The standard InChI is InChI=1S/C21H18N2O2/c1-15(24)25-18-10-8-16(9-11-18)13-19-21-7-4-12-23(21)20-6-3-2-5-17(20)14-22-19/h2-12H,13-14H2,1H3. The summed E-state index contributed by atoms with van der Waals surface area (Å²) in [6.07, 6.45) is 2.82. The Morgan fingerprint density at radius 2 is 1.88 bits per heavy atom. The quantitative estimate of drug-likeness (QED) is 0.539. The van der Waals surface area contributed by atoms with Crippen molar-refractivity contribution in [1.29, 1.82) is 0 Å². The van der Waals surface area contributed by atoms with Crippen molar-refractivity contribution in [2.24, 2.45) is 4.99 Å². The first kappa shape index (κ1) is 15.4. The van der Waals surface area contributed by atoms with Crippen LogP contribution in [0.1, 0.15) is 23.7 Å².